The number of benzene rings is 2. The molecule has 2 aromatic heterocycles. The largest absolute Gasteiger partial charge is 0.489 e. The number of nitrogens with zero attached hydrogens (tertiary/aromatic N) is 2. The molecule has 0 radical (unpaired) electrons. The van der Waals surface area contributed by atoms with Crippen LogP contribution in [-0.2, 0) is 38.8 Å². The second kappa shape index (κ2) is 12.7. The minimum atomic E-state index is -4.78. The van der Waals surface area contributed by atoms with Gasteiger partial charge in [-0.3, -0.25) is 9.78 Å². The Morgan fingerprint density at radius 2 is 1.84 bits per heavy atom. The second-order valence-corrected chi connectivity index (χ2v) is 13.9. The maximum atomic E-state index is 15.8. The molecule has 0 atom stereocenters. The van der Waals surface area contributed by atoms with Crippen LogP contribution in [0, 0.1) is 5.82 Å². The van der Waals surface area contributed by atoms with Crippen LogP contribution in [0.25, 0.3) is 22.1 Å². The van der Waals surface area contributed by atoms with Crippen molar-refractivity contribution in [1.29, 1.82) is 0 Å². The summed E-state index contributed by atoms with van der Waals surface area (Å²) in [5, 5.41) is -0.337. The van der Waals surface area contributed by atoms with E-state index in [0.717, 1.165) is 6.21 Å². The number of carbonyl (C=O) groups excluding carboxylic acids is 1. The number of ether oxygens (including phenoxy) is 2. The van der Waals surface area contributed by atoms with Crippen molar-refractivity contribution < 1.29 is 44.7 Å². The van der Waals surface area contributed by atoms with Crippen molar-refractivity contribution in [2.24, 2.45) is 4.40 Å². The van der Waals surface area contributed by atoms with E-state index in [-0.39, 0.29) is 53.0 Å². The molecule has 4 aromatic rings. The molecular weight excluding hydrogens is 672 g/mol. The zero-order valence-electron chi connectivity index (χ0n) is 24.0. The molecule has 0 saturated carbocycles. The Hall–Kier alpha value is -3.78. The number of aromatic nitrogens is 1. The van der Waals surface area contributed by atoms with Gasteiger partial charge in [-0.2, -0.15) is 17.6 Å². The van der Waals surface area contributed by atoms with E-state index in [4.69, 9.17) is 13.9 Å². The number of alkyl halides is 3. The summed E-state index contributed by atoms with van der Waals surface area (Å²) >= 11 is 3.34. The summed E-state index contributed by atoms with van der Waals surface area (Å²) in [6.07, 6.45) is -2.41. The predicted octanol–water partition coefficient (Wildman–Crippen LogP) is 7.65. The molecule has 0 spiro atoms. The molecule has 0 bridgehead atoms. The molecular formula is C30H27BrF4N2O6S. The van der Waals surface area contributed by atoms with E-state index in [9.17, 15) is 26.4 Å². The van der Waals surface area contributed by atoms with Crippen LogP contribution in [0.3, 0.4) is 0 Å². The molecule has 44 heavy (non-hydrogen) atoms. The number of hydrogen-bond donors (Lipinski definition) is 0. The van der Waals surface area contributed by atoms with Crippen molar-refractivity contribution in [3.05, 3.63) is 81.5 Å². The number of fused-ring (bicyclic) bond motifs is 1. The SMILES string of the molecule is CCOC(=O)Cc1ccc(Br)cc1OCc1cc(-c2ccnc(C=NS(=O)(=O)C(C)(C)C)c2F)c2occ(C(F)(F)F)c2c1. The van der Waals surface area contributed by atoms with Gasteiger partial charge in [0.2, 0.25) is 0 Å². The Balaban J connectivity index is 1.80. The standard InChI is InChI=1S/C30H27BrF4N2O6S/c1-5-41-26(38)12-18-6-7-19(31)13-25(18)42-15-17-10-21(28-22(11-17)23(16-43-28)30(33,34)35)20-8-9-36-24(27(20)32)14-37-44(39,40)29(2,3)4/h6-11,13-14,16H,5,12,15H2,1-4H3. The van der Waals surface area contributed by atoms with Gasteiger partial charge in [0.1, 0.15) is 35.5 Å². The molecule has 0 aliphatic rings. The van der Waals surface area contributed by atoms with Crippen LogP contribution in [-0.4, -0.2) is 36.9 Å². The number of pyridine rings is 1. The molecule has 2 heterocycles. The topological polar surface area (TPSA) is 108 Å². The first-order valence-electron chi connectivity index (χ1n) is 13.1. The maximum absolute atomic E-state index is 15.8. The van der Waals surface area contributed by atoms with Gasteiger partial charge in [-0.05, 0) is 63.6 Å². The Bertz CT molecular complexity index is 1850. The van der Waals surface area contributed by atoms with E-state index in [0.29, 0.717) is 16.3 Å². The summed E-state index contributed by atoms with van der Waals surface area (Å²) in [7, 11) is -4.03. The van der Waals surface area contributed by atoms with Gasteiger partial charge in [-0.1, -0.05) is 22.0 Å². The molecule has 2 aromatic carbocycles. The number of halogens is 5. The highest BCUT2D eigenvalue weighted by Gasteiger charge is 2.36. The number of carbonyl (C=O) groups is 1. The van der Waals surface area contributed by atoms with E-state index >= 15 is 4.39 Å². The van der Waals surface area contributed by atoms with Crippen molar-refractivity contribution >= 4 is 49.1 Å². The number of rotatable bonds is 9. The molecule has 0 amide bonds. The second-order valence-electron chi connectivity index (χ2n) is 10.6. The fourth-order valence-corrected chi connectivity index (χ4v) is 4.97. The summed E-state index contributed by atoms with van der Waals surface area (Å²) in [5.41, 5.74) is -1.30. The van der Waals surface area contributed by atoms with Gasteiger partial charge in [0.15, 0.2) is 5.82 Å². The summed E-state index contributed by atoms with van der Waals surface area (Å²) in [4.78, 5) is 16.0. The molecule has 0 unspecified atom stereocenters. The van der Waals surface area contributed by atoms with Gasteiger partial charge in [0, 0.05) is 32.7 Å². The molecule has 14 heteroatoms. The minimum absolute atomic E-state index is 0.0502. The fraction of sp³-hybridized carbons (Fsp3) is 0.300. The zero-order chi connectivity index (χ0) is 32.4. The number of esters is 1. The highest BCUT2D eigenvalue weighted by molar-refractivity contribution is 9.10. The molecule has 234 valence electrons. The highest BCUT2D eigenvalue weighted by atomic mass is 79.9. The first-order valence-corrected chi connectivity index (χ1v) is 15.4. The Labute approximate surface area is 259 Å². The minimum Gasteiger partial charge on any atom is -0.489 e. The van der Waals surface area contributed by atoms with Gasteiger partial charge >= 0.3 is 12.1 Å². The average Bonchev–Trinajstić information content (AvgIpc) is 3.37. The lowest BCUT2D eigenvalue weighted by Crippen LogP contribution is -2.25. The fourth-order valence-electron chi connectivity index (χ4n) is 4.07. The molecule has 0 aliphatic heterocycles. The zero-order valence-corrected chi connectivity index (χ0v) is 26.4. The number of furan rings is 1. The third kappa shape index (κ3) is 7.29. The lowest BCUT2D eigenvalue weighted by molar-refractivity contribution is -0.142. The van der Waals surface area contributed by atoms with E-state index < -0.39 is 44.0 Å². The Morgan fingerprint density at radius 3 is 2.50 bits per heavy atom. The van der Waals surface area contributed by atoms with Crippen LogP contribution < -0.4 is 4.74 Å². The van der Waals surface area contributed by atoms with Crippen LogP contribution in [0.15, 0.2) is 62.1 Å². The summed E-state index contributed by atoms with van der Waals surface area (Å²) < 4.78 is 101. The van der Waals surface area contributed by atoms with Crippen LogP contribution in [0.4, 0.5) is 17.6 Å². The van der Waals surface area contributed by atoms with Gasteiger partial charge in [-0.15, -0.1) is 0 Å². The van der Waals surface area contributed by atoms with Crippen molar-refractivity contribution in [2.75, 3.05) is 6.61 Å². The third-order valence-electron chi connectivity index (χ3n) is 6.40. The van der Waals surface area contributed by atoms with Crippen molar-refractivity contribution in [2.45, 2.75) is 51.6 Å². The molecule has 0 N–H and O–H groups in total. The Morgan fingerprint density at radius 1 is 1.11 bits per heavy atom. The van der Waals surface area contributed by atoms with Crippen molar-refractivity contribution in [3.63, 3.8) is 0 Å². The molecule has 4 rings (SSSR count). The summed E-state index contributed by atoms with van der Waals surface area (Å²) in [6, 6.07) is 8.81. The number of hydrogen-bond acceptors (Lipinski definition) is 7. The molecule has 8 nitrogen and oxygen atoms in total. The summed E-state index contributed by atoms with van der Waals surface area (Å²) in [5.74, 6) is -1.22. The van der Waals surface area contributed by atoms with Gasteiger partial charge in [0.05, 0.1) is 24.0 Å². The van der Waals surface area contributed by atoms with E-state index in [1.54, 1.807) is 25.1 Å². The first-order chi connectivity index (χ1) is 20.5. The Kier molecular flexibility index (Phi) is 9.54. The van der Waals surface area contributed by atoms with Crippen LogP contribution in [0.5, 0.6) is 5.75 Å². The maximum Gasteiger partial charge on any atom is 0.420 e. The van der Waals surface area contributed by atoms with Crippen molar-refractivity contribution in [1.82, 2.24) is 4.98 Å². The van der Waals surface area contributed by atoms with E-state index in [1.165, 1.54) is 45.2 Å². The lowest BCUT2D eigenvalue weighted by atomic mass is 9.98. The monoisotopic (exact) mass is 698 g/mol. The smallest absolute Gasteiger partial charge is 0.420 e. The highest BCUT2D eigenvalue weighted by Crippen LogP contribution is 2.41. The molecule has 0 aliphatic carbocycles. The normalized spacial score (nSPS) is 12.7. The predicted molar refractivity (Wildman–Crippen MR) is 159 cm³/mol. The van der Waals surface area contributed by atoms with E-state index in [2.05, 4.69) is 25.3 Å². The quantitative estimate of drug-likeness (QED) is 0.100. The van der Waals surface area contributed by atoms with Crippen LogP contribution in [0.2, 0.25) is 0 Å². The van der Waals surface area contributed by atoms with Crippen molar-refractivity contribution in [3.8, 4) is 16.9 Å². The average molecular weight is 700 g/mol. The molecule has 0 saturated heterocycles. The summed E-state index contributed by atoms with van der Waals surface area (Å²) in [6.45, 7) is 5.87. The third-order valence-corrected chi connectivity index (χ3v) is 8.82. The van der Waals surface area contributed by atoms with Crippen LogP contribution >= 0.6 is 15.9 Å². The number of sulfonamides is 1. The van der Waals surface area contributed by atoms with E-state index in [1.807, 2.05) is 0 Å². The molecule has 0 fully saturated rings. The first kappa shape index (κ1) is 33.1. The van der Waals surface area contributed by atoms with Crippen LogP contribution in [0.1, 0.15) is 50.1 Å². The lowest BCUT2D eigenvalue weighted by Gasteiger charge is -2.15. The van der Waals surface area contributed by atoms with Gasteiger partial charge in [0.25, 0.3) is 10.0 Å². The van der Waals surface area contributed by atoms with Gasteiger partial charge < -0.3 is 13.9 Å². The van der Waals surface area contributed by atoms with Gasteiger partial charge in [-0.25, -0.2) is 12.8 Å².